The van der Waals surface area contributed by atoms with Crippen LogP contribution in [0.5, 0.6) is 0 Å². The van der Waals surface area contributed by atoms with Crippen molar-refractivity contribution in [3.63, 3.8) is 0 Å². The lowest BCUT2D eigenvalue weighted by atomic mass is 10.1. The fourth-order valence-electron chi connectivity index (χ4n) is 2.08. The van der Waals surface area contributed by atoms with Gasteiger partial charge in [0, 0.05) is 24.5 Å². The van der Waals surface area contributed by atoms with E-state index < -0.39 is 0 Å². The molecule has 0 bridgehead atoms. The Hall–Kier alpha value is -1.97. The molecule has 0 aromatic carbocycles. The van der Waals surface area contributed by atoms with Crippen LogP contribution in [0, 0.1) is 13.8 Å². The molecule has 0 spiro atoms. The van der Waals surface area contributed by atoms with Gasteiger partial charge in [0.05, 0.1) is 0 Å². The number of nitrogens with one attached hydrogen (secondary N) is 1. The van der Waals surface area contributed by atoms with Crippen LogP contribution in [0.4, 0.5) is 5.82 Å². The molecular weight excluding hydrogens is 248 g/mol. The van der Waals surface area contributed by atoms with E-state index in [4.69, 9.17) is 0 Å². The van der Waals surface area contributed by atoms with Crippen LogP contribution >= 0.6 is 0 Å². The lowest BCUT2D eigenvalue weighted by Gasteiger charge is -2.10. The topological polar surface area (TPSA) is 50.7 Å². The molecule has 4 heteroatoms. The van der Waals surface area contributed by atoms with Gasteiger partial charge in [-0.3, -0.25) is 4.98 Å². The van der Waals surface area contributed by atoms with Crippen LogP contribution in [-0.4, -0.2) is 21.5 Å². The maximum absolute atomic E-state index is 4.61. The van der Waals surface area contributed by atoms with Gasteiger partial charge in [0.25, 0.3) is 0 Å². The van der Waals surface area contributed by atoms with E-state index in [1.165, 1.54) is 0 Å². The summed E-state index contributed by atoms with van der Waals surface area (Å²) in [4.78, 5) is 13.7. The third-order valence-corrected chi connectivity index (χ3v) is 3.12. The van der Waals surface area contributed by atoms with E-state index in [0.717, 1.165) is 47.7 Å². The molecule has 0 fully saturated rings. The minimum atomic E-state index is 0.709. The molecule has 20 heavy (non-hydrogen) atoms. The average molecular weight is 270 g/mol. The molecule has 2 aromatic rings. The molecule has 0 radical (unpaired) electrons. The van der Waals surface area contributed by atoms with Gasteiger partial charge in [-0.2, -0.15) is 0 Å². The van der Waals surface area contributed by atoms with Crippen molar-refractivity contribution in [2.75, 3.05) is 11.9 Å². The summed E-state index contributed by atoms with van der Waals surface area (Å²) in [6, 6.07) is 4.13. The molecule has 0 saturated heterocycles. The number of hydrogen-bond donors (Lipinski definition) is 1. The van der Waals surface area contributed by atoms with Gasteiger partial charge in [-0.15, -0.1) is 0 Å². The first-order chi connectivity index (χ1) is 9.63. The van der Waals surface area contributed by atoms with Crippen LogP contribution in [0.2, 0.25) is 0 Å². The zero-order chi connectivity index (χ0) is 14.5. The Bertz CT molecular complexity index is 593. The van der Waals surface area contributed by atoms with Crippen molar-refractivity contribution in [3.8, 4) is 11.5 Å². The maximum Gasteiger partial charge on any atom is 0.180 e. The molecule has 0 aliphatic rings. The van der Waals surface area contributed by atoms with E-state index in [0.29, 0.717) is 5.82 Å². The van der Waals surface area contributed by atoms with Gasteiger partial charge in [0.15, 0.2) is 5.82 Å². The third-order valence-electron chi connectivity index (χ3n) is 3.12. The molecule has 4 nitrogen and oxygen atoms in total. The SMILES string of the molecule is CCCNc1cc(CC)nc(-c2ncc(C)cc2C)n1. The second-order valence-electron chi connectivity index (χ2n) is 5.03. The standard InChI is InChI=1S/C16H22N4/c1-5-7-17-14-9-13(6-2)19-16(20-14)15-12(4)8-11(3)10-18-15/h8-10H,5-7H2,1-4H3,(H,17,19,20). The predicted octanol–water partition coefficient (Wildman–Crippen LogP) is 3.54. The summed E-state index contributed by atoms with van der Waals surface area (Å²) in [6.07, 6.45) is 3.83. The summed E-state index contributed by atoms with van der Waals surface area (Å²) in [7, 11) is 0. The summed E-state index contributed by atoms with van der Waals surface area (Å²) in [5.74, 6) is 1.59. The van der Waals surface area contributed by atoms with Gasteiger partial charge in [-0.1, -0.05) is 19.9 Å². The highest BCUT2D eigenvalue weighted by atomic mass is 15.0. The smallest absolute Gasteiger partial charge is 0.180 e. The first-order valence-corrected chi connectivity index (χ1v) is 7.19. The summed E-state index contributed by atoms with van der Waals surface area (Å²) in [5, 5.41) is 3.33. The quantitative estimate of drug-likeness (QED) is 0.903. The van der Waals surface area contributed by atoms with Crippen LogP contribution in [0.1, 0.15) is 37.1 Å². The summed E-state index contributed by atoms with van der Waals surface area (Å²) in [5.41, 5.74) is 4.17. The highest BCUT2D eigenvalue weighted by Gasteiger charge is 2.10. The van der Waals surface area contributed by atoms with Gasteiger partial charge in [0.1, 0.15) is 11.5 Å². The number of nitrogens with zero attached hydrogens (tertiary/aromatic N) is 3. The number of aromatic nitrogens is 3. The van der Waals surface area contributed by atoms with Gasteiger partial charge >= 0.3 is 0 Å². The van der Waals surface area contributed by atoms with Gasteiger partial charge < -0.3 is 5.32 Å². The van der Waals surface area contributed by atoms with E-state index in [-0.39, 0.29) is 0 Å². The fraction of sp³-hybridized carbons (Fsp3) is 0.438. The van der Waals surface area contributed by atoms with E-state index in [9.17, 15) is 0 Å². The van der Waals surface area contributed by atoms with Crippen molar-refractivity contribution >= 4 is 5.82 Å². The molecule has 0 amide bonds. The maximum atomic E-state index is 4.61. The molecule has 0 aliphatic heterocycles. The predicted molar refractivity (Wildman–Crippen MR) is 82.9 cm³/mol. The van der Waals surface area contributed by atoms with Gasteiger partial charge in [-0.25, -0.2) is 9.97 Å². The molecule has 2 heterocycles. The molecule has 2 aromatic heterocycles. The Morgan fingerprint density at radius 1 is 1.10 bits per heavy atom. The van der Waals surface area contributed by atoms with Crippen LogP contribution in [0.3, 0.4) is 0 Å². The van der Waals surface area contributed by atoms with Gasteiger partial charge in [0.2, 0.25) is 0 Å². The van der Waals surface area contributed by atoms with Crippen molar-refractivity contribution < 1.29 is 0 Å². The molecule has 2 rings (SSSR count). The van der Waals surface area contributed by atoms with Crippen LogP contribution < -0.4 is 5.32 Å². The monoisotopic (exact) mass is 270 g/mol. The Morgan fingerprint density at radius 3 is 2.55 bits per heavy atom. The second-order valence-corrected chi connectivity index (χ2v) is 5.03. The van der Waals surface area contributed by atoms with Crippen molar-refractivity contribution in [3.05, 3.63) is 35.2 Å². The van der Waals surface area contributed by atoms with Crippen LogP contribution in [0.25, 0.3) is 11.5 Å². The summed E-state index contributed by atoms with van der Waals surface area (Å²) >= 11 is 0. The van der Waals surface area contributed by atoms with Crippen LogP contribution in [0.15, 0.2) is 18.3 Å². The van der Waals surface area contributed by atoms with Crippen molar-refractivity contribution in [2.24, 2.45) is 0 Å². The average Bonchev–Trinajstić information content (AvgIpc) is 2.44. The number of hydrogen-bond acceptors (Lipinski definition) is 4. The van der Waals surface area contributed by atoms with E-state index in [1.54, 1.807) is 0 Å². The Morgan fingerprint density at radius 2 is 1.90 bits per heavy atom. The fourth-order valence-corrected chi connectivity index (χ4v) is 2.08. The molecule has 0 unspecified atom stereocenters. The first-order valence-electron chi connectivity index (χ1n) is 7.19. The number of anilines is 1. The molecule has 1 N–H and O–H groups in total. The number of aryl methyl sites for hydroxylation is 3. The van der Waals surface area contributed by atoms with Crippen molar-refractivity contribution in [1.29, 1.82) is 0 Å². The minimum Gasteiger partial charge on any atom is -0.370 e. The normalized spacial score (nSPS) is 10.6. The molecule has 0 saturated carbocycles. The van der Waals surface area contributed by atoms with Crippen molar-refractivity contribution in [2.45, 2.75) is 40.5 Å². The van der Waals surface area contributed by atoms with Gasteiger partial charge in [-0.05, 0) is 37.8 Å². The zero-order valence-corrected chi connectivity index (χ0v) is 12.7. The molecule has 106 valence electrons. The summed E-state index contributed by atoms with van der Waals surface area (Å²) < 4.78 is 0. The minimum absolute atomic E-state index is 0.709. The first kappa shape index (κ1) is 14.4. The van der Waals surface area contributed by atoms with Crippen molar-refractivity contribution in [1.82, 2.24) is 15.0 Å². The number of pyridine rings is 1. The van der Waals surface area contributed by atoms with E-state index in [2.05, 4.69) is 47.1 Å². The highest BCUT2D eigenvalue weighted by molar-refractivity contribution is 5.57. The van der Waals surface area contributed by atoms with E-state index >= 15 is 0 Å². The lowest BCUT2D eigenvalue weighted by Crippen LogP contribution is -2.06. The molecule has 0 atom stereocenters. The highest BCUT2D eigenvalue weighted by Crippen LogP contribution is 2.20. The second kappa shape index (κ2) is 6.46. The number of rotatable bonds is 5. The Kier molecular flexibility index (Phi) is 4.66. The Balaban J connectivity index is 2.44. The Labute approximate surface area is 120 Å². The largest absolute Gasteiger partial charge is 0.370 e. The van der Waals surface area contributed by atoms with Crippen LogP contribution in [-0.2, 0) is 6.42 Å². The third kappa shape index (κ3) is 3.32. The molecular formula is C16H22N4. The van der Waals surface area contributed by atoms with E-state index in [1.807, 2.05) is 19.2 Å². The molecule has 0 aliphatic carbocycles. The summed E-state index contributed by atoms with van der Waals surface area (Å²) in [6.45, 7) is 9.25. The zero-order valence-electron chi connectivity index (χ0n) is 12.7. The lowest BCUT2D eigenvalue weighted by molar-refractivity contribution is 0.947.